The molecule has 1 atom stereocenters. The molecule has 1 saturated heterocycles. The van der Waals surface area contributed by atoms with Crippen LogP contribution in [0.5, 0.6) is 5.75 Å². The van der Waals surface area contributed by atoms with E-state index in [9.17, 15) is 9.59 Å². The molecule has 5 heteroatoms. The summed E-state index contributed by atoms with van der Waals surface area (Å²) in [6, 6.07) is 7.66. The van der Waals surface area contributed by atoms with E-state index in [-0.39, 0.29) is 24.3 Å². The highest BCUT2D eigenvalue weighted by Crippen LogP contribution is 2.22. The number of likely N-dealkylation sites (tertiary alicyclic amines) is 1. The van der Waals surface area contributed by atoms with Crippen molar-refractivity contribution in [1.82, 2.24) is 4.90 Å². The van der Waals surface area contributed by atoms with Crippen molar-refractivity contribution in [3.8, 4) is 5.75 Å². The minimum atomic E-state index is -0.405. The first kappa shape index (κ1) is 14.4. The molecule has 2 N–H and O–H groups in total. The Morgan fingerprint density at radius 2 is 2.25 bits per heavy atom. The Kier molecular flexibility index (Phi) is 4.27. The third kappa shape index (κ3) is 3.50. The number of hydrogen-bond donors (Lipinski definition) is 1. The molecule has 2 rings (SSSR count). The summed E-state index contributed by atoms with van der Waals surface area (Å²) in [6.45, 7) is 4.82. The second kappa shape index (κ2) is 5.94. The number of nitrogens with two attached hydrogens (primary N) is 1. The van der Waals surface area contributed by atoms with Gasteiger partial charge in [0.25, 0.3) is 0 Å². The van der Waals surface area contributed by atoms with Crippen molar-refractivity contribution in [1.29, 1.82) is 0 Å². The monoisotopic (exact) mass is 276 g/mol. The fraction of sp³-hybridized carbons (Fsp3) is 0.467. The standard InChI is InChI=1S/C15H20N2O3/c1-10(2)20-13-5-3-4-11(6-13)8-17-9-12(15(16)19)7-14(17)18/h3-6,10,12H,7-9H2,1-2H3,(H2,16,19). The van der Waals surface area contributed by atoms with Crippen LogP contribution in [0.15, 0.2) is 24.3 Å². The zero-order valence-corrected chi connectivity index (χ0v) is 11.8. The van der Waals surface area contributed by atoms with Crippen molar-refractivity contribution >= 4 is 11.8 Å². The first-order valence-corrected chi connectivity index (χ1v) is 6.78. The molecule has 0 radical (unpaired) electrons. The van der Waals surface area contributed by atoms with E-state index in [1.54, 1.807) is 4.90 Å². The van der Waals surface area contributed by atoms with E-state index in [0.29, 0.717) is 13.1 Å². The SMILES string of the molecule is CC(C)Oc1cccc(CN2CC(C(N)=O)CC2=O)c1. The van der Waals surface area contributed by atoms with Crippen LogP contribution in [0, 0.1) is 5.92 Å². The summed E-state index contributed by atoms with van der Waals surface area (Å²) in [5, 5.41) is 0. The van der Waals surface area contributed by atoms with Gasteiger partial charge in [0.1, 0.15) is 5.75 Å². The maximum absolute atomic E-state index is 11.8. The second-order valence-corrected chi connectivity index (χ2v) is 5.39. The van der Waals surface area contributed by atoms with Gasteiger partial charge in [-0.25, -0.2) is 0 Å². The Hall–Kier alpha value is -2.04. The lowest BCUT2D eigenvalue weighted by molar-refractivity contribution is -0.128. The first-order valence-electron chi connectivity index (χ1n) is 6.78. The van der Waals surface area contributed by atoms with Gasteiger partial charge in [-0.05, 0) is 31.5 Å². The number of primary amides is 1. The smallest absolute Gasteiger partial charge is 0.223 e. The second-order valence-electron chi connectivity index (χ2n) is 5.39. The van der Waals surface area contributed by atoms with Crippen molar-refractivity contribution in [2.24, 2.45) is 11.7 Å². The zero-order chi connectivity index (χ0) is 14.7. The summed E-state index contributed by atoms with van der Waals surface area (Å²) in [5.74, 6) is -0.00471. The van der Waals surface area contributed by atoms with E-state index in [4.69, 9.17) is 10.5 Å². The van der Waals surface area contributed by atoms with Gasteiger partial charge in [-0.2, -0.15) is 0 Å². The van der Waals surface area contributed by atoms with Gasteiger partial charge in [0.15, 0.2) is 0 Å². The predicted octanol–water partition coefficient (Wildman–Crippen LogP) is 1.31. The fourth-order valence-corrected chi connectivity index (χ4v) is 2.33. The minimum absolute atomic E-state index is 0.0241. The molecule has 20 heavy (non-hydrogen) atoms. The molecule has 108 valence electrons. The lowest BCUT2D eigenvalue weighted by Crippen LogP contribution is -2.28. The van der Waals surface area contributed by atoms with E-state index in [1.165, 1.54) is 0 Å². The molecule has 0 bridgehead atoms. The summed E-state index contributed by atoms with van der Waals surface area (Å²) >= 11 is 0. The van der Waals surface area contributed by atoms with Crippen LogP contribution < -0.4 is 10.5 Å². The van der Waals surface area contributed by atoms with E-state index >= 15 is 0 Å². The predicted molar refractivity (Wildman–Crippen MR) is 74.9 cm³/mol. The molecule has 0 saturated carbocycles. The number of nitrogens with zero attached hydrogens (tertiary/aromatic N) is 1. The number of rotatable bonds is 5. The van der Waals surface area contributed by atoms with E-state index in [0.717, 1.165) is 11.3 Å². The Labute approximate surface area is 118 Å². The van der Waals surface area contributed by atoms with E-state index in [2.05, 4.69) is 0 Å². The molecule has 1 aliphatic heterocycles. The van der Waals surface area contributed by atoms with Crippen LogP contribution in [0.2, 0.25) is 0 Å². The van der Waals surface area contributed by atoms with Crippen LogP contribution >= 0.6 is 0 Å². The Morgan fingerprint density at radius 3 is 2.85 bits per heavy atom. The first-order chi connectivity index (χ1) is 9.45. The number of hydrogen-bond acceptors (Lipinski definition) is 3. The molecule has 1 unspecified atom stereocenters. The van der Waals surface area contributed by atoms with Crippen LogP contribution in [0.25, 0.3) is 0 Å². The third-order valence-corrected chi connectivity index (χ3v) is 3.26. The van der Waals surface area contributed by atoms with Gasteiger partial charge in [-0.15, -0.1) is 0 Å². The molecule has 2 amide bonds. The highest BCUT2D eigenvalue weighted by molar-refractivity contribution is 5.88. The lowest BCUT2D eigenvalue weighted by atomic mass is 10.1. The Balaban J connectivity index is 2.03. The van der Waals surface area contributed by atoms with Crippen LogP contribution in [0.1, 0.15) is 25.8 Å². The maximum Gasteiger partial charge on any atom is 0.223 e. The molecule has 1 aliphatic rings. The minimum Gasteiger partial charge on any atom is -0.491 e. The maximum atomic E-state index is 11.8. The summed E-state index contributed by atoms with van der Waals surface area (Å²) < 4.78 is 5.63. The molecule has 1 aromatic rings. The summed E-state index contributed by atoms with van der Waals surface area (Å²) in [6.07, 6.45) is 0.329. The molecule has 5 nitrogen and oxygen atoms in total. The third-order valence-electron chi connectivity index (χ3n) is 3.26. The molecule has 1 fully saturated rings. The van der Waals surface area contributed by atoms with Crippen LogP contribution in [-0.2, 0) is 16.1 Å². The molecule has 0 aromatic heterocycles. The van der Waals surface area contributed by atoms with Crippen molar-refractivity contribution in [2.45, 2.75) is 32.9 Å². The van der Waals surface area contributed by atoms with Crippen molar-refractivity contribution in [3.05, 3.63) is 29.8 Å². The summed E-state index contributed by atoms with van der Waals surface area (Å²) in [5.41, 5.74) is 6.24. The summed E-state index contributed by atoms with van der Waals surface area (Å²) in [4.78, 5) is 24.7. The number of carbonyl (C=O) groups is 2. The molecular formula is C15H20N2O3. The van der Waals surface area contributed by atoms with E-state index < -0.39 is 5.91 Å². The van der Waals surface area contributed by atoms with Gasteiger partial charge in [-0.1, -0.05) is 12.1 Å². The Morgan fingerprint density at radius 1 is 1.50 bits per heavy atom. The molecular weight excluding hydrogens is 256 g/mol. The van der Waals surface area contributed by atoms with Gasteiger partial charge in [0.05, 0.1) is 12.0 Å². The zero-order valence-electron chi connectivity index (χ0n) is 11.8. The quantitative estimate of drug-likeness (QED) is 0.881. The van der Waals surface area contributed by atoms with Crippen molar-refractivity contribution in [3.63, 3.8) is 0 Å². The summed E-state index contributed by atoms with van der Waals surface area (Å²) in [7, 11) is 0. The molecule has 0 spiro atoms. The van der Waals surface area contributed by atoms with Crippen LogP contribution in [-0.4, -0.2) is 29.4 Å². The van der Waals surface area contributed by atoms with Gasteiger partial charge in [0.2, 0.25) is 11.8 Å². The van der Waals surface area contributed by atoms with Gasteiger partial charge in [0, 0.05) is 19.5 Å². The normalized spacial score (nSPS) is 18.6. The van der Waals surface area contributed by atoms with Crippen LogP contribution in [0.4, 0.5) is 0 Å². The highest BCUT2D eigenvalue weighted by Gasteiger charge is 2.32. The van der Waals surface area contributed by atoms with Gasteiger partial charge < -0.3 is 15.4 Å². The number of carbonyl (C=O) groups excluding carboxylic acids is 2. The number of benzene rings is 1. The number of amides is 2. The Bertz CT molecular complexity index is 514. The largest absolute Gasteiger partial charge is 0.491 e. The van der Waals surface area contributed by atoms with Gasteiger partial charge >= 0.3 is 0 Å². The van der Waals surface area contributed by atoms with E-state index in [1.807, 2.05) is 38.1 Å². The fourth-order valence-electron chi connectivity index (χ4n) is 2.33. The molecule has 1 heterocycles. The molecule has 1 aromatic carbocycles. The topological polar surface area (TPSA) is 72.6 Å². The van der Waals surface area contributed by atoms with Crippen molar-refractivity contribution in [2.75, 3.05) is 6.54 Å². The van der Waals surface area contributed by atoms with Crippen molar-refractivity contribution < 1.29 is 14.3 Å². The number of ether oxygens (including phenoxy) is 1. The highest BCUT2D eigenvalue weighted by atomic mass is 16.5. The lowest BCUT2D eigenvalue weighted by Gasteiger charge is -2.17. The average Bonchev–Trinajstić information content (AvgIpc) is 2.71. The van der Waals surface area contributed by atoms with Gasteiger partial charge in [-0.3, -0.25) is 9.59 Å². The van der Waals surface area contributed by atoms with Crippen LogP contribution in [0.3, 0.4) is 0 Å². The average molecular weight is 276 g/mol. The molecule has 0 aliphatic carbocycles.